The minimum absolute atomic E-state index is 0.0340. The number of anilines is 2. The van der Waals surface area contributed by atoms with E-state index in [1.54, 1.807) is 24.3 Å². The molecule has 2 aromatic rings. The van der Waals surface area contributed by atoms with Crippen molar-refractivity contribution in [3.8, 4) is 0 Å². The molecule has 0 bridgehead atoms. The summed E-state index contributed by atoms with van der Waals surface area (Å²) in [6.07, 6.45) is 2.08. The molecule has 0 saturated carbocycles. The normalized spacial score (nSPS) is 14.6. The molecule has 0 aromatic heterocycles. The lowest BCUT2D eigenvalue weighted by Crippen LogP contribution is -2.37. The number of nitrogens with one attached hydrogen (secondary N) is 2. The van der Waals surface area contributed by atoms with Crippen LogP contribution in [0.4, 0.5) is 15.8 Å². The van der Waals surface area contributed by atoms with Crippen molar-refractivity contribution in [1.82, 2.24) is 4.90 Å². The van der Waals surface area contributed by atoms with E-state index in [0.29, 0.717) is 17.2 Å². The molecular formula is C21H23ClFN3O2. The Labute approximate surface area is 168 Å². The van der Waals surface area contributed by atoms with Gasteiger partial charge in [-0.25, -0.2) is 4.39 Å². The van der Waals surface area contributed by atoms with Gasteiger partial charge in [0.05, 0.1) is 11.6 Å². The third-order valence-electron chi connectivity index (χ3n) is 4.86. The zero-order valence-electron chi connectivity index (χ0n) is 15.7. The second-order valence-corrected chi connectivity index (χ2v) is 7.49. The summed E-state index contributed by atoms with van der Waals surface area (Å²) >= 11 is 5.70. The Balaban J connectivity index is 1.50. The van der Waals surface area contributed by atoms with Crippen molar-refractivity contribution in [1.29, 1.82) is 0 Å². The van der Waals surface area contributed by atoms with Gasteiger partial charge in [0.1, 0.15) is 5.82 Å². The number of amides is 2. The van der Waals surface area contributed by atoms with E-state index < -0.39 is 5.82 Å². The first-order valence-corrected chi connectivity index (χ1v) is 9.68. The first-order valence-electron chi connectivity index (χ1n) is 9.30. The van der Waals surface area contributed by atoms with Crippen LogP contribution < -0.4 is 10.6 Å². The van der Waals surface area contributed by atoms with Gasteiger partial charge in [-0.3, -0.25) is 9.59 Å². The summed E-state index contributed by atoms with van der Waals surface area (Å²) in [6, 6.07) is 11.1. The van der Waals surface area contributed by atoms with Gasteiger partial charge in [-0.2, -0.15) is 0 Å². The second kappa shape index (κ2) is 9.06. The fourth-order valence-corrected chi connectivity index (χ4v) is 3.27. The van der Waals surface area contributed by atoms with Gasteiger partial charge in [0.15, 0.2) is 0 Å². The molecule has 1 fully saturated rings. The highest BCUT2D eigenvalue weighted by Gasteiger charge is 2.21. The summed E-state index contributed by atoms with van der Waals surface area (Å²) in [5.74, 6) is -0.103. The topological polar surface area (TPSA) is 61.4 Å². The van der Waals surface area contributed by atoms with Gasteiger partial charge >= 0.3 is 0 Å². The fourth-order valence-electron chi connectivity index (χ4n) is 3.09. The number of likely N-dealkylation sites (tertiary alicyclic amines) is 1. The lowest BCUT2D eigenvalue weighted by atomic mass is 9.98. The number of halogens is 2. The molecule has 2 N–H and O–H groups in total. The van der Waals surface area contributed by atoms with Gasteiger partial charge in [0.2, 0.25) is 5.91 Å². The molecule has 1 heterocycles. The predicted octanol–water partition coefficient (Wildman–Crippen LogP) is 4.40. The van der Waals surface area contributed by atoms with Gasteiger partial charge in [0.25, 0.3) is 5.91 Å². The van der Waals surface area contributed by atoms with Gasteiger partial charge in [-0.15, -0.1) is 0 Å². The first-order chi connectivity index (χ1) is 13.4. The lowest BCUT2D eigenvalue weighted by Gasteiger charge is -2.30. The molecule has 2 aromatic carbocycles. The third-order valence-corrected chi connectivity index (χ3v) is 5.15. The van der Waals surface area contributed by atoms with Crippen molar-refractivity contribution in [2.75, 3.05) is 30.3 Å². The van der Waals surface area contributed by atoms with Gasteiger partial charge in [-0.1, -0.05) is 18.5 Å². The average molecular weight is 404 g/mol. The van der Waals surface area contributed by atoms with E-state index in [0.717, 1.165) is 31.6 Å². The number of carbonyl (C=O) groups excluding carboxylic acids is 2. The van der Waals surface area contributed by atoms with Crippen LogP contribution in [0.1, 0.15) is 30.1 Å². The molecule has 0 aliphatic carbocycles. The Kier molecular flexibility index (Phi) is 6.52. The Morgan fingerprint density at radius 2 is 1.75 bits per heavy atom. The molecule has 1 aliphatic heterocycles. The van der Waals surface area contributed by atoms with Crippen LogP contribution in [0.15, 0.2) is 42.5 Å². The minimum Gasteiger partial charge on any atom is -0.376 e. The molecule has 1 saturated heterocycles. The zero-order valence-corrected chi connectivity index (χ0v) is 16.4. The Morgan fingerprint density at radius 1 is 1.11 bits per heavy atom. The Bertz CT molecular complexity index is 849. The molecule has 5 nitrogen and oxygen atoms in total. The molecular weight excluding hydrogens is 381 g/mol. The van der Waals surface area contributed by atoms with Crippen molar-refractivity contribution >= 4 is 34.8 Å². The van der Waals surface area contributed by atoms with Crippen molar-refractivity contribution in [2.24, 2.45) is 5.92 Å². The molecule has 2 amide bonds. The average Bonchev–Trinajstić information content (AvgIpc) is 2.70. The largest absolute Gasteiger partial charge is 0.376 e. The maximum absolute atomic E-state index is 13.1. The first kappa shape index (κ1) is 20.1. The van der Waals surface area contributed by atoms with E-state index in [1.165, 1.54) is 18.2 Å². The van der Waals surface area contributed by atoms with Crippen LogP contribution >= 0.6 is 11.6 Å². The number of hydrogen-bond acceptors (Lipinski definition) is 3. The van der Waals surface area contributed by atoms with Crippen molar-refractivity contribution < 1.29 is 14.0 Å². The van der Waals surface area contributed by atoms with E-state index in [9.17, 15) is 14.0 Å². The molecule has 148 valence electrons. The maximum atomic E-state index is 13.1. The zero-order chi connectivity index (χ0) is 20.1. The quantitative estimate of drug-likeness (QED) is 0.777. The van der Waals surface area contributed by atoms with Crippen LogP contribution in [0.25, 0.3) is 0 Å². The smallest absolute Gasteiger partial charge is 0.253 e. The SMILES string of the molecule is CC1CCN(C(=O)c2ccc(NCC(=O)Nc3ccc(F)c(Cl)c3)cc2)CC1. The van der Waals surface area contributed by atoms with Crippen molar-refractivity contribution in [2.45, 2.75) is 19.8 Å². The van der Waals surface area contributed by atoms with Gasteiger partial charge in [0, 0.05) is 30.0 Å². The molecule has 0 unspecified atom stereocenters. The van der Waals surface area contributed by atoms with Crippen LogP contribution in [0, 0.1) is 11.7 Å². The van der Waals surface area contributed by atoms with Crippen molar-refractivity contribution in [3.63, 3.8) is 0 Å². The highest BCUT2D eigenvalue weighted by atomic mass is 35.5. The number of benzene rings is 2. The molecule has 7 heteroatoms. The summed E-state index contributed by atoms with van der Waals surface area (Å²) in [5.41, 5.74) is 1.80. The summed E-state index contributed by atoms with van der Waals surface area (Å²) < 4.78 is 13.1. The minimum atomic E-state index is -0.536. The summed E-state index contributed by atoms with van der Waals surface area (Å²) in [5, 5.41) is 5.59. The van der Waals surface area contributed by atoms with Crippen molar-refractivity contribution in [3.05, 3.63) is 58.9 Å². The standard InChI is InChI=1S/C21H23ClFN3O2/c1-14-8-10-26(11-9-14)21(28)15-2-4-16(5-3-15)24-13-20(27)25-17-6-7-19(23)18(22)12-17/h2-7,12,14,24H,8-11,13H2,1H3,(H,25,27). The molecule has 28 heavy (non-hydrogen) atoms. The molecule has 1 aliphatic rings. The Morgan fingerprint density at radius 3 is 2.39 bits per heavy atom. The van der Waals surface area contributed by atoms with E-state index in [-0.39, 0.29) is 23.4 Å². The fraction of sp³-hybridized carbons (Fsp3) is 0.333. The third kappa shape index (κ3) is 5.23. The number of rotatable bonds is 5. The van der Waals surface area contributed by atoms with E-state index in [2.05, 4.69) is 17.6 Å². The lowest BCUT2D eigenvalue weighted by molar-refractivity contribution is -0.114. The van der Waals surface area contributed by atoms with Crippen LogP contribution in [0.2, 0.25) is 5.02 Å². The molecule has 0 spiro atoms. The summed E-state index contributed by atoms with van der Waals surface area (Å²) in [7, 11) is 0. The number of hydrogen-bond donors (Lipinski definition) is 2. The van der Waals surface area contributed by atoms with Crippen LogP contribution in [-0.4, -0.2) is 36.3 Å². The van der Waals surface area contributed by atoms with Gasteiger partial charge < -0.3 is 15.5 Å². The molecule has 0 atom stereocenters. The van der Waals surface area contributed by atoms with E-state index in [1.807, 2.05) is 4.90 Å². The highest BCUT2D eigenvalue weighted by molar-refractivity contribution is 6.31. The maximum Gasteiger partial charge on any atom is 0.253 e. The highest BCUT2D eigenvalue weighted by Crippen LogP contribution is 2.20. The van der Waals surface area contributed by atoms with Crippen LogP contribution in [0.5, 0.6) is 0 Å². The molecule has 3 rings (SSSR count). The second-order valence-electron chi connectivity index (χ2n) is 7.08. The van der Waals surface area contributed by atoms with Gasteiger partial charge in [-0.05, 0) is 61.2 Å². The van der Waals surface area contributed by atoms with E-state index >= 15 is 0 Å². The monoisotopic (exact) mass is 403 g/mol. The number of piperidine rings is 1. The van der Waals surface area contributed by atoms with Crippen LogP contribution in [0.3, 0.4) is 0 Å². The molecule has 0 radical (unpaired) electrons. The Hall–Kier alpha value is -2.60. The van der Waals surface area contributed by atoms with Crippen LogP contribution in [-0.2, 0) is 4.79 Å². The number of nitrogens with zero attached hydrogens (tertiary/aromatic N) is 1. The van der Waals surface area contributed by atoms with E-state index in [4.69, 9.17) is 11.6 Å². The summed E-state index contributed by atoms with van der Waals surface area (Å²) in [6.45, 7) is 3.84. The predicted molar refractivity (Wildman–Crippen MR) is 109 cm³/mol. The number of carbonyl (C=O) groups is 2. The summed E-state index contributed by atoms with van der Waals surface area (Å²) in [4.78, 5) is 26.5.